The fourth-order valence-corrected chi connectivity index (χ4v) is 1.47. The molecule has 5 heteroatoms. The van der Waals surface area contributed by atoms with Gasteiger partial charge in [-0.3, -0.25) is 4.68 Å². The zero-order valence-corrected chi connectivity index (χ0v) is 8.56. The van der Waals surface area contributed by atoms with Gasteiger partial charge in [0.05, 0.1) is 5.69 Å². The Morgan fingerprint density at radius 1 is 1.31 bits per heavy atom. The van der Waals surface area contributed by atoms with E-state index in [2.05, 4.69) is 5.10 Å². The van der Waals surface area contributed by atoms with Gasteiger partial charge in [-0.15, -0.1) is 0 Å². The van der Waals surface area contributed by atoms with Crippen molar-refractivity contribution in [1.82, 2.24) is 9.78 Å². The molecule has 0 bridgehead atoms. The summed E-state index contributed by atoms with van der Waals surface area (Å²) in [7, 11) is 1.68. The van der Waals surface area contributed by atoms with E-state index in [9.17, 15) is 13.9 Å². The van der Waals surface area contributed by atoms with Crippen LogP contribution in [0.1, 0.15) is 17.4 Å². The van der Waals surface area contributed by atoms with Crippen molar-refractivity contribution in [2.45, 2.75) is 6.10 Å². The Labute approximate surface area is 91.0 Å². The third kappa shape index (κ3) is 1.81. The molecule has 1 aromatic heterocycles. The molecule has 0 aliphatic rings. The summed E-state index contributed by atoms with van der Waals surface area (Å²) in [4.78, 5) is 0. The van der Waals surface area contributed by atoms with Crippen molar-refractivity contribution in [1.29, 1.82) is 0 Å². The van der Waals surface area contributed by atoms with Crippen molar-refractivity contribution in [3.8, 4) is 0 Å². The highest BCUT2D eigenvalue weighted by molar-refractivity contribution is 5.27. The van der Waals surface area contributed by atoms with E-state index in [1.807, 2.05) is 0 Å². The second-order valence-electron chi connectivity index (χ2n) is 3.46. The van der Waals surface area contributed by atoms with Crippen LogP contribution in [0.5, 0.6) is 0 Å². The second kappa shape index (κ2) is 4.02. The maximum atomic E-state index is 13.4. The van der Waals surface area contributed by atoms with Crippen LogP contribution in [0, 0.1) is 11.6 Å². The van der Waals surface area contributed by atoms with E-state index in [1.54, 1.807) is 19.3 Å². The molecular weight excluding hydrogens is 214 g/mol. The first-order valence-corrected chi connectivity index (χ1v) is 4.71. The van der Waals surface area contributed by atoms with Crippen LogP contribution in [0.3, 0.4) is 0 Å². The Morgan fingerprint density at radius 3 is 2.69 bits per heavy atom. The highest BCUT2D eigenvalue weighted by Gasteiger charge is 2.19. The molecule has 0 saturated heterocycles. The van der Waals surface area contributed by atoms with Crippen LogP contribution in [0.25, 0.3) is 0 Å². The third-order valence-corrected chi connectivity index (χ3v) is 2.29. The molecule has 0 amide bonds. The summed E-state index contributed by atoms with van der Waals surface area (Å²) >= 11 is 0. The van der Waals surface area contributed by atoms with Crippen LogP contribution in [0.2, 0.25) is 0 Å². The number of rotatable bonds is 2. The smallest absolute Gasteiger partial charge is 0.165 e. The molecule has 16 heavy (non-hydrogen) atoms. The average Bonchev–Trinajstić information content (AvgIpc) is 2.68. The molecule has 0 fully saturated rings. The maximum Gasteiger partial charge on any atom is 0.165 e. The van der Waals surface area contributed by atoms with E-state index in [1.165, 1.54) is 16.8 Å². The van der Waals surface area contributed by atoms with E-state index >= 15 is 0 Å². The van der Waals surface area contributed by atoms with Crippen LogP contribution < -0.4 is 0 Å². The van der Waals surface area contributed by atoms with E-state index in [-0.39, 0.29) is 11.3 Å². The van der Waals surface area contributed by atoms with Gasteiger partial charge < -0.3 is 5.11 Å². The van der Waals surface area contributed by atoms with Crippen LogP contribution in [0.15, 0.2) is 30.5 Å². The summed E-state index contributed by atoms with van der Waals surface area (Å²) in [5.74, 6) is -2.02. The predicted molar refractivity (Wildman–Crippen MR) is 53.6 cm³/mol. The molecule has 1 unspecified atom stereocenters. The van der Waals surface area contributed by atoms with E-state index < -0.39 is 17.7 Å². The minimum absolute atomic E-state index is 0.112. The number of aliphatic hydroxyl groups is 1. The number of hydrogen-bond donors (Lipinski definition) is 1. The van der Waals surface area contributed by atoms with Crippen molar-refractivity contribution < 1.29 is 13.9 Å². The van der Waals surface area contributed by atoms with Gasteiger partial charge in [-0.1, -0.05) is 12.1 Å². The Hall–Kier alpha value is -1.75. The Balaban J connectivity index is 2.41. The second-order valence-corrected chi connectivity index (χ2v) is 3.46. The Kier molecular flexibility index (Phi) is 2.70. The lowest BCUT2D eigenvalue weighted by molar-refractivity contribution is 0.207. The van der Waals surface area contributed by atoms with E-state index in [4.69, 9.17) is 0 Å². The lowest BCUT2D eigenvalue weighted by atomic mass is 10.1. The maximum absolute atomic E-state index is 13.4. The summed E-state index contributed by atoms with van der Waals surface area (Å²) in [6.07, 6.45) is 0.368. The summed E-state index contributed by atoms with van der Waals surface area (Å²) in [5.41, 5.74) is 0.172. The van der Waals surface area contributed by atoms with Gasteiger partial charge in [-0.2, -0.15) is 5.10 Å². The van der Waals surface area contributed by atoms with Crippen molar-refractivity contribution in [2.24, 2.45) is 7.05 Å². The molecule has 1 N–H and O–H groups in total. The molecular formula is C11H10F2N2O. The number of aryl methyl sites for hydroxylation is 1. The molecule has 1 heterocycles. The molecule has 0 aliphatic heterocycles. The summed E-state index contributed by atoms with van der Waals surface area (Å²) in [6.45, 7) is 0. The largest absolute Gasteiger partial charge is 0.382 e. The Bertz CT molecular complexity index is 510. The van der Waals surface area contributed by atoms with E-state index in [0.29, 0.717) is 0 Å². The van der Waals surface area contributed by atoms with E-state index in [0.717, 1.165) is 6.07 Å². The van der Waals surface area contributed by atoms with Gasteiger partial charge in [0.25, 0.3) is 0 Å². The quantitative estimate of drug-likeness (QED) is 0.844. The van der Waals surface area contributed by atoms with Crippen molar-refractivity contribution in [3.63, 3.8) is 0 Å². The SMILES string of the molecule is Cn1ccc(C(O)c2cccc(F)c2F)n1. The van der Waals surface area contributed by atoms with Crippen LogP contribution in [-0.2, 0) is 7.05 Å². The predicted octanol–water partition coefficient (Wildman–Crippen LogP) is 1.78. The first-order valence-electron chi connectivity index (χ1n) is 4.71. The molecule has 84 valence electrons. The monoisotopic (exact) mass is 224 g/mol. The molecule has 1 atom stereocenters. The van der Waals surface area contributed by atoms with Gasteiger partial charge in [0.1, 0.15) is 6.10 Å². The number of aliphatic hydroxyl groups excluding tert-OH is 1. The molecule has 0 saturated carbocycles. The van der Waals surface area contributed by atoms with Gasteiger partial charge in [-0.05, 0) is 12.1 Å². The van der Waals surface area contributed by atoms with Crippen molar-refractivity contribution in [2.75, 3.05) is 0 Å². The lowest BCUT2D eigenvalue weighted by Gasteiger charge is -2.09. The van der Waals surface area contributed by atoms with Gasteiger partial charge >= 0.3 is 0 Å². The molecule has 0 radical (unpaired) electrons. The highest BCUT2D eigenvalue weighted by Crippen LogP contribution is 2.24. The molecule has 2 aromatic rings. The molecule has 0 spiro atoms. The number of benzene rings is 1. The number of aromatic nitrogens is 2. The van der Waals surface area contributed by atoms with Crippen LogP contribution in [0.4, 0.5) is 8.78 Å². The first kappa shape index (κ1) is 10.8. The van der Waals surface area contributed by atoms with Crippen molar-refractivity contribution >= 4 is 0 Å². The number of nitrogens with zero attached hydrogens (tertiary/aromatic N) is 2. The summed E-state index contributed by atoms with van der Waals surface area (Å²) in [5, 5.41) is 13.8. The topological polar surface area (TPSA) is 38.0 Å². The van der Waals surface area contributed by atoms with Gasteiger partial charge in [0.2, 0.25) is 0 Å². The molecule has 0 aliphatic carbocycles. The van der Waals surface area contributed by atoms with Gasteiger partial charge in [0.15, 0.2) is 11.6 Å². The molecule has 1 aromatic carbocycles. The fourth-order valence-electron chi connectivity index (χ4n) is 1.47. The zero-order valence-electron chi connectivity index (χ0n) is 8.56. The lowest BCUT2D eigenvalue weighted by Crippen LogP contribution is -2.05. The number of hydrogen-bond acceptors (Lipinski definition) is 2. The minimum atomic E-state index is -1.25. The summed E-state index contributed by atoms with van der Waals surface area (Å²) in [6, 6.07) is 5.23. The summed E-state index contributed by atoms with van der Waals surface area (Å²) < 4.78 is 27.8. The third-order valence-electron chi connectivity index (χ3n) is 2.29. The molecule has 3 nitrogen and oxygen atoms in total. The average molecular weight is 224 g/mol. The minimum Gasteiger partial charge on any atom is -0.382 e. The fraction of sp³-hybridized carbons (Fsp3) is 0.182. The highest BCUT2D eigenvalue weighted by atomic mass is 19.2. The Morgan fingerprint density at radius 2 is 2.06 bits per heavy atom. The normalized spacial score (nSPS) is 12.8. The van der Waals surface area contributed by atoms with Gasteiger partial charge in [0, 0.05) is 18.8 Å². The van der Waals surface area contributed by atoms with Crippen LogP contribution >= 0.6 is 0 Å². The number of halogens is 2. The molecule has 2 rings (SSSR count). The van der Waals surface area contributed by atoms with Crippen LogP contribution in [-0.4, -0.2) is 14.9 Å². The standard InChI is InChI=1S/C11H10F2N2O/c1-15-6-5-9(14-15)11(16)7-3-2-4-8(12)10(7)13/h2-6,11,16H,1H3. The van der Waals surface area contributed by atoms with Gasteiger partial charge in [-0.25, -0.2) is 8.78 Å². The van der Waals surface area contributed by atoms with Crippen molar-refractivity contribution in [3.05, 3.63) is 53.4 Å². The first-order chi connectivity index (χ1) is 7.59. The zero-order chi connectivity index (χ0) is 11.7.